The molecule has 5 heteroatoms. The minimum atomic E-state index is -0.111. The van der Waals surface area contributed by atoms with Crippen LogP contribution in [0.4, 0.5) is 0 Å². The van der Waals surface area contributed by atoms with Gasteiger partial charge in [-0.15, -0.1) is 0 Å². The Hall–Kier alpha value is -2.01. The third-order valence-corrected chi connectivity index (χ3v) is 4.24. The number of carbonyl (C=O) groups is 1. The molecule has 2 aromatic heterocycles. The third kappa shape index (κ3) is 4.05. The van der Waals surface area contributed by atoms with Crippen molar-refractivity contribution < 1.29 is 4.79 Å². The van der Waals surface area contributed by atoms with Crippen LogP contribution in [0.25, 0.3) is 11.0 Å². The molecule has 5 nitrogen and oxygen atoms in total. The normalized spacial score (nSPS) is 18.7. The molecular formula is C18H24N4O. The lowest BCUT2D eigenvalue weighted by Gasteiger charge is -2.18. The second-order valence-corrected chi connectivity index (χ2v) is 6.76. The van der Waals surface area contributed by atoms with Gasteiger partial charge in [0.15, 0.2) is 5.65 Å². The molecule has 1 N–H and O–H groups in total. The van der Waals surface area contributed by atoms with Crippen LogP contribution in [0.2, 0.25) is 0 Å². The lowest BCUT2D eigenvalue weighted by atomic mass is 10.1. The van der Waals surface area contributed by atoms with Crippen molar-refractivity contribution in [2.75, 3.05) is 26.2 Å². The molecule has 0 radical (unpaired) electrons. The quantitative estimate of drug-likeness (QED) is 0.920. The van der Waals surface area contributed by atoms with Gasteiger partial charge in [-0.3, -0.25) is 4.79 Å². The van der Waals surface area contributed by atoms with Crippen LogP contribution in [0.1, 0.15) is 30.8 Å². The van der Waals surface area contributed by atoms with Crippen molar-refractivity contribution in [1.29, 1.82) is 0 Å². The van der Waals surface area contributed by atoms with Gasteiger partial charge in [-0.2, -0.15) is 0 Å². The molecule has 1 aliphatic heterocycles. The Morgan fingerprint density at radius 2 is 2.26 bits per heavy atom. The van der Waals surface area contributed by atoms with E-state index in [1.807, 2.05) is 18.2 Å². The topological polar surface area (TPSA) is 58.1 Å². The van der Waals surface area contributed by atoms with Crippen LogP contribution in [0.5, 0.6) is 0 Å². The maximum atomic E-state index is 12.3. The van der Waals surface area contributed by atoms with Crippen LogP contribution in [-0.4, -0.2) is 47.0 Å². The zero-order valence-electron chi connectivity index (χ0n) is 13.8. The van der Waals surface area contributed by atoms with Crippen molar-refractivity contribution in [2.24, 2.45) is 11.8 Å². The van der Waals surface area contributed by atoms with Gasteiger partial charge in [0.1, 0.15) is 5.69 Å². The molecule has 23 heavy (non-hydrogen) atoms. The molecule has 0 aromatic carbocycles. The average molecular weight is 312 g/mol. The summed E-state index contributed by atoms with van der Waals surface area (Å²) in [4.78, 5) is 23.3. The molecule has 0 unspecified atom stereocenters. The van der Waals surface area contributed by atoms with E-state index in [1.165, 1.54) is 0 Å². The van der Waals surface area contributed by atoms with Crippen molar-refractivity contribution in [3.63, 3.8) is 0 Å². The van der Waals surface area contributed by atoms with Crippen molar-refractivity contribution in [2.45, 2.75) is 20.3 Å². The van der Waals surface area contributed by atoms with Crippen LogP contribution in [0.15, 0.2) is 30.5 Å². The standard InChI is InChI=1S/C18H24N4O/c1-13(2)11-22-9-7-14(12-22)10-20-18(23)16-6-5-15-4-3-8-19-17(15)21-16/h3-6,8,13-14H,7,9-12H2,1-2H3,(H,20,23)/t14-/m1/s1. The van der Waals surface area contributed by atoms with E-state index in [4.69, 9.17) is 0 Å². The number of aromatic nitrogens is 2. The molecule has 0 bridgehead atoms. The van der Waals surface area contributed by atoms with Gasteiger partial charge in [-0.05, 0) is 49.1 Å². The highest BCUT2D eigenvalue weighted by Crippen LogP contribution is 2.17. The summed E-state index contributed by atoms with van der Waals surface area (Å²) in [5, 5.41) is 3.97. The highest BCUT2D eigenvalue weighted by atomic mass is 16.1. The molecule has 0 spiro atoms. The number of pyridine rings is 2. The molecule has 0 saturated carbocycles. The Balaban J connectivity index is 1.55. The zero-order valence-corrected chi connectivity index (χ0v) is 13.8. The van der Waals surface area contributed by atoms with E-state index < -0.39 is 0 Å². The van der Waals surface area contributed by atoms with E-state index >= 15 is 0 Å². The Kier molecular flexibility index (Phi) is 4.86. The summed E-state index contributed by atoms with van der Waals surface area (Å²) >= 11 is 0. The minimum Gasteiger partial charge on any atom is -0.350 e. The second kappa shape index (κ2) is 7.04. The zero-order chi connectivity index (χ0) is 16.2. The Morgan fingerprint density at radius 1 is 1.39 bits per heavy atom. The number of fused-ring (bicyclic) bond motifs is 1. The number of amides is 1. The van der Waals surface area contributed by atoms with Crippen LogP contribution < -0.4 is 5.32 Å². The highest BCUT2D eigenvalue weighted by molar-refractivity contribution is 5.94. The largest absolute Gasteiger partial charge is 0.350 e. The molecule has 3 rings (SSSR count). The van der Waals surface area contributed by atoms with Crippen LogP contribution in [0, 0.1) is 11.8 Å². The average Bonchev–Trinajstić information content (AvgIpc) is 2.98. The molecule has 3 heterocycles. The second-order valence-electron chi connectivity index (χ2n) is 6.76. The number of nitrogens with one attached hydrogen (secondary N) is 1. The van der Waals surface area contributed by atoms with E-state index in [-0.39, 0.29) is 5.91 Å². The fourth-order valence-electron chi connectivity index (χ4n) is 3.17. The van der Waals surface area contributed by atoms with E-state index in [0.29, 0.717) is 23.2 Å². The first-order valence-corrected chi connectivity index (χ1v) is 8.34. The summed E-state index contributed by atoms with van der Waals surface area (Å²) in [6.07, 6.45) is 2.85. The molecule has 2 aromatic rings. The molecule has 0 aliphatic carbocycles. The number of hydrogen-bond acceptors (Lipinski definition) is 4. The summed E-state index contributed by atoms with van der Waals surface area (Å²) in [6.45, 7) is 8.56. The first-order chi connectivity index (χ1) is 11.1. The van der Waals surface area contributed by atoms with Crippen molar-refractivity contribution in [1.82, 2.24) is 20.2 Å². The first kappa shape index (κ1) is 15.9. The van der Waals surface area contributed by atoms with E-state index in [1.54, 1.807) is 12.3 Å². The summed E-state index contributed by atoms with van der Waals surface area (Å²) in [5.74, 6) is 1.12. The lowest BCUT2D eigenvalue weighted by molar-refractivity contribution is 0.0942. The summed E-state index contributed by atoms with van der Waals surface area (Å²) < 4.78 is 0. The van der Waals surface area contributed by atoms with Gasteiger partial charge >= 0.3 is 0 Å². The first-order valence-electron chi connectivity index (χ1n) is 8.34. The molecule has 1 aliphatic rings. The number of rotatable bonds is 5. The lowest BCUT2D eigenvalue weighted by Crippen LogP contribution is -2.32. The maximum absolute atomic E-state index is 12.3. The van der Waals surface area contributed by atoms with Gasteiger partial charge in [-0.25, -0.2) is 9.97 Å². The fourth-order valence-corrected chi connectivity index (χ4v) is 3.17. The third-order valence-electron chi connectivity index (χ3n) is 4.24. The van der Waals surface area contributed by atoms with Gasteiger partial charge in [0, 0.05) is 31.2 Å². The predicted molar refractivity (Wildman–Crippen MR) is 91.3 cm³/mol. The van der Waals surface area contributed by atoms with Crippen molar-refractivity contribution >= 4 is 16.9 Å². The van der Waals surface area contributed by atoms with Gasteiger partial charge < -0.3 is 10.2 Å². The summed E-state index contributed by atoms with van der Waals surface area (Å²) in [5.41, 5.74) is 1.05. The number of hydrogen-bond donors (Lipinski definition) is 1. The monoisotopic (exact) mass is 312 g/mol. The Bertz CT molecular complexity index is 686. The van der Waals surface area contributed by atoms with Crippen LogP contribution >= 0.6 is 0 Å². The van der Waals surface area contributed by atoms with Crippen LogP contribution in [-0.2, 0) is 0 Å². The SMILES string of the molecule is CC(C)CN1CC[C@H](CNC(=O)c2ccc3cccnc3n2)C1. The molecule has 122 valence electrons. The van der Waals surface area contributed by atoms with Gasteiger partial charge in [-0.1, -0.05) is 13.8 Å². The summed E-state index contributed by atoms with van der Waals surface area (Å²) in [7, 11) is 0. The molecule has 1 amide bonds. The van der Waals surface area contributed by atoms with Gasteiger partial charge in [0.2, 0.25) is 0 Å². The van der Waals surface area contributed by atoms with Gasteiger partial charge in [0.05, 0.1) is 0 Å². The minimum absolute atomic E-state index is 0.111. The van der Waals surface area contributed by atoms with E-state index in [2.05, 4.69) is 34.0 Å². The number of nitrogens with zero attached hydrogens (tertiary/aromatic N) is 3. The van der Waals surface area contributed by atoms with E-state index in [0.717, 1.165) is 38.0 Å². The molecule has 1 fully saturated rings. The fraction of sp³-hybridized carbons (Fsp3) is 0.500. The molecular weight excluding hydrogens is 288 g/mol. The Morgan fingerprint density at radius 3 is 3.09 bits per heavy atom. The number of likely N-dealkylation sites (tertiary alicyclic amines) is 1. The molecule has 1 atom stereocenters. The van der Waals surface area contributed by atoms with E-state index in [9.17, 15) is 4.79 Å². The van der Waals surface area contributed by atoms with Gasteiger partial charge in [0.25, 0.3) is 5.91 Å². The predicted octanol–water partition coefficient (Wildman–Crippen LogP) is 2.34. The number of carbonyl (C=O) groups excluding carboxylic acids is 1. The van der Waals surface area contributed by atoms with Crippen molar-refractivity contribution in [3.05, 3.63) is 36.2 Å². The van der Waals surface area contributed by atoms with Crippen molar-refractivity contribution in [3.8, 4) is 0 Å². The highest BCUT2D eigenvalue weighted by Gasteiger charge is 2.23. The Labute approximate surface area is 137 Å². The maximum Gasteiger partial charge on any atom is 0.269 e. The summed E-state index contributed by atoms with van der Waals surface area (Å²) in [6, 6.07) is 7.47. The smallest absolute Gasteiger partial charge is 0.269 e. The molecule has 1 saturated heterocycles. The van der Waals surface area contributed by atoms with Crippen LogP contribution in [0.3, 0.4) is 0 Å².